The van der Waals surface area contributed by atoms with Gasteiger partial charge in [0.15, 0.2) is 17.3 Å². The molecule has 11 heteroatoms. The van der Waals surface area contributed by atoms with Crippen LogP contribution in [0.1, 0.15) is 40.4 Å². The lowest BCUT2D eigenvalue weighted by Gasteiger charge is -2.29. The fourth-order valence-electron chi connectivity index (χ4n) is 7.27. The number of likely N-dealkylation sites (N-methyl/N-ethyl adjacent to an activating group) is 1. The van der Waals surface area contributed by atoms with Crippen molar-refractivity contribution < 1.29 is 18.7 Å². The average Bonchev–Trinajstić information content (AvgIpc) is 3.75. The van der Waals surface area contributed by atoms with E-state index in [1.54, 1.807) is 30.1 Å². The summed E-state index contributed by atoms with van der Waals surface area (Å²) in [4.78, 5) is 48.4. The number of hydrogen-bond donors (Lipinski definition) is 2. The van der Waals surface area contributed by atoms with E-state index >= 15 is 4.39 Å². The number of nitrogens with zero attached hydrogens (tertiary/aromatic N) is 4. The number of benzene rings is 3. The van der Waals surface area contributed by atoms with Crippen LogP contribution in [-0.4, -0.2) is 65.5 Å². The molecule has 2 N–H and O–H groups in total. The summed E-state index contributed by atoms with van der Waals surface area (Å²) in [6, 6.07) is 21.9. The molecule has 1 fully saturated rings. The summed E-state index contributed by atoms with van der Waals surface area (Å²) in [6.45, 7) is 1.93. The summed E-state index contributed by atoms with van der Waals surface area (Å²) < 4.78 is 24.4. The van der Waals surface area contributed by atoms with Gasteiger partial charge in [-0.1, -0.05) is 36.4 Å². The van der Waals surface area contributed by atoms with Crippen molar-refractivity contribution in [3.63, 3.8) is 0 Å². The van der Waals surface area contributed by atoms with Crippen molar-refractivity contribution >= 4 is 34.1 Å². The number of carbonyl (C=O) groups is 2. The number of pyridine rings is 2. The average molecular weight is 659 g/mol. The first-order valence-corrected chi connectivity index (χ1v) is 16.6. The van der Waals surface area contributed by atoms with E-state index in [9.17, 15) is 14.4 Å². The van der Waals surface area contributed by atoms with Crippen LogP contribution in [0.5, 0.6) is 11.5 Å². The maximum absolute atomic E-state index is 16.3. The summed E-state index contributed by atoms with van der Waals surface area (Å²) in [7, 11) is 1.64. The normalized spacial score (nSPS) is 17.2. The Hall–Kier alpha value is -5.71. The van der Waals surface area contributed by atoms with Crippen molar-refractivity contribution in [2.24, 2.45) is 0 Å². The highest BCUT2D eigenvalue weighted by atomic mass is 19.1. The number of fused-ring (bicyclic) bond motifs is 3. The third kappa shape index (κ3) is 5.54. The van der Waals surface area contributed by atoms with Crippen LogP contribution in [0, 0.1) is 5.82 Å². The van der Waals surface area contributed by atoms with Crippen LogP contribution in [0.2, 0.25) is 0 Å². The second kappa shape index (κ2) is 12.4. The number of para-hydroxylation sites is 3. The number of aromatic nitrogens is 2. The van der Waals surface area contributed by atoms with Crippen LogP contribution in [0.4, 0.5) is 15.8 Å². The van der Waals surface area contributed by atoms with E-state index in [0.29, 0.717) is 62.4 Å². The molecule has 1 saturated heterocycles. The van der Waals surface area contributed by atoms with Crippen molar-refractivity contribution in [3.8, 4) is 17.2 Å². The maximum atomic E-state index is 16.3. The van der Waals surface area contributed by atoms with Crippen LogP contribution >= 0.6 is 0 Å². The summed E-state index contributed by atoms with van der Waals surface area (Å²) in [5.74, 6) is -0.344. The van der Waals surface area contributed by atoms with E-state index in [1.165, 1.54) is 11.0 Å². The minimum Gasteiger partial charge on any atom is -0.451 e. The molecule has 2 amide bonds. The molecular formula is C38H35FN6O4. The van der Waals surface area contributed by atoms with Crippen molar-refractivity contribution in [2.45, 2.75) is 31.2 Å². The monoisotopic (exact) mass is 658 g/mol. The van der Waals surface area contributed by atoms with Gasteiger partial charge < -0.3 is 29.7 Å². The molecule has 8 rings (SSSR count). The van der Waals surface area contributed by atoms with Crippen molar-refractivity contribution in [3.05, 3.63) is 118 Å². The van der Waals surface area contributed by atoms with Crippen LogP contribution in [0.15, 0.2) is 90.0 Å². The van der Waals surface area contributed by atoms with Crippen molar-refractivity contribution in [2.75, 3.05) is 43.4 Å². The molecule has 49 heavy (non-hydrogen) atoms. The molecule has 5 heterocycles. The van der Waals surface area contributed by atoms with Gasteiger partial charge in [0, 0.05) is 81.8 Å². The molecule has 0 aliphatic carbocycles. The Morgan fingerprint density at radius 1 is 1.10 bits per heavy atom. The largest absolute Gasteiger partial charge is 0.451 e. The standard InChI is InChI=1S/C38H35FN6O4/c1-43(16-13-24-8-6-7-15-40-24)38(48)28-22-45-31-11-4-5-12-32(31)49-37-34(45)27(36(28)47)19-29(39)35(37)44-17-14-25(21-44)42-33(46)18-23-20-41-30-10-3-2-9-26(23)30/h2-12,15,19,22-23,25,41H,13-14,16-18,20-21H2,1H3,(H,42,46). The molecule has 5 aromatic rings. The van der Waals surface area contributed by atoms with Gasteiger partial charge in [0.05, 0.1) is 11.1 Å². The highest BCUT2D eigenvalue weighted by Crippen LogP contribution is 2.47. The van der Waals surface area contributed by atoms with Crippen molar-refractivity contribution in [1.29, 1.82) is 0 Å². The summed E-state index contributed by atoms with van der Waals surface area (Å²) in [5, 5.41) is 6.59. The summed E-state index contributed by atoms with van der Waals surface area (Å²) in [5.41, 5.74) is 3.68. The Morgan fingerprint density at radius 3 is 2.78 bits per heavy atom. The molecule has 10 nitrogen and oxygen atoms in total. The van der Waals surface area contributed by atoms with Gasteiger partial charge in [-0.05, 0) is 48.4 Å². The van der Waals surface area contributed by atoms with E-state index < -0.39 is 17.2 Å². The molecule has 2 aromatic heterocycles. The molecule has 0 spiro atoms. The molecule has 248 valence electrons. The number of halogens is 1. The topological polar surface area (TPSA) is 109 Å². The highest BCUT2D eigenvalue weighted by molar-refractivity contribution is 6.01. The lowest BCUT2D eigenvalue weighted by Crippen LogP contribution is -2.38. The molecule has 3 aliphatic rings. The van der Waals surface area contributed by atoms with Gasteiger partial charge in [-0.2, -0.15) is 0 Å². The van der Waals surface area contributed by atoms with Gasteiger partial charge in [-0.25, -0.2) is 4.39 Å². The molecule has 0 bridgehead atoms. The number of hydrogen-bond acceptors (Lipinski definition) is 7. The number of ether oxygens (including phenoxy) is 1. The number of nitrogens with one attached hydrogen (secondary N) is 2. The van der Waals surface area contributed by atoms with Gasteiger partial charge in [0.2, 0.25) is 11.3 Å². The second-order valence-corrected chi connectivity index (χ2v) is 12.9. The lowest BCUT2D eigenvalue weighted by molar-refractivity contribution is -0.122. The molecular weight excluding hydrogens is 623 g/mol. The van der Waals surface area contributed by atoms with Crippen LogP contribution in [0.25, 0.3) is 16.6 Å². The zero-order valence-electron chi connectivity index (χ0n) is 27.0. The maximum Gasteiger partial charge on any atom is 0.259 e. The predicted molar refractivity (Wildman–Crippen MR) is 186 cm³/mol. The third-order valence-electron chi connectivity index (χ3n) is 9.76. The molecule has 3 aliphatic heterocycles. The second-order valence-electron chi connectivity index (χ2n) is 12.9. The smallest absolute Gasteiger partial charge is 0.259 e. The van der Waals surface area contributed by atoms with Crippen LogP contribution in [0.3, 0.4) is 0 Å². The minimum absolute atomic E-state index is 0.0445. The molecule has 3 aromatic carbocycles. The van der Waals surface area contributed by atoms with E-state index in [-0.39, 0.29) is 40.3 Å². The highest BCUT2D eigenvalue weighted by Gasteiger charge is 2.34. The van der Waals surface area contributed by atoms with Gasteiger partial charge in [0.25, 0.3) is 5.91 Å². The van der Waals surface area contributed by atoms with Gasteiger partial charge >= 0.3 is 0 Å². The van der Waals surface area contributed by atoms with E-state index in [2.05, 4.69) is 21.7 Å². The van der Waals surface area contributed by atoms with Crippen LogP contribution in [-0.2, 0) is 11.2 Å². The molecule has 2 unspecified atom stereocenters. The Bertz CT molecular complexity index is 2170. The molecule has 2 atom stereocenters. The minimum atomic E-state index is -0.626. The van der Waals surface area contributed by atoms with E-state index in [1.807, 2.05) is 59.5 Å². The fraction of sp³-hybridized carbons (Fsp3) is 0.263. The Morgan fingerprint density at radius 2 is 1.92 bits per heavy atom. The zero-order chi connectivity index (χ0) is 33.6. The van der Waals surface area contributed by atoms with E-state index in [0.717, 1.165) is 16.9 Å². The number of anilines is 2. The summed E-state index contributed by atoms with van der Waals surface area (Å²) >= 11 is 0. The fourth-order valence-corrected chi connectivity index (χ4v) is 7.27. The quantitative estimate of drug-likeness (QED) is 0.230. The van der Waals surface area contributed by atoms with Crippen LogP contribution < -0.4 is 25.7 Å². The SMILES string of the molecule is CN(CCc1ccccn1)C(=O)c1cn2c3c(c(N4CCC(NC(=O)CC5CNc6ccccc65)C4)c(F)cc3c1=O)Oc1ccccc1-2. The Kier molecular flexibility index (Phi) is 7.74. The first kappa shape index (κ1) is 30.6. The van der Waals surface area contributed by atoms with Gasteiger partial charge in [-0.3, -0.25) is 19.4 Å². The predicted octanol–water partition coefficient (Wildman–Crippen LogP) is 5.24. The lowest BCUT2D eigenvalue weighted by atomic mass is 9.97. The number of carbonyl (C=O) groups excluding carboxylic acids is 2. The first-order valence-electron chi connectivity index (χ1n) is 16.6. The van der Waals surface area contributed by atoms with Gasteiger partial charge in [-0.15, -0.1) is 0 Å². The number of rotatable bonds is 8. The van der Waals surface area contributed by atoms with Crippen molar-refractivity contribution in [1.82, 2.24) is 19.8 Å². The van der Waals surface area contributed by atoms with E-state index in [4.69, 9.17) is 4.74 Å². The molecule has 0 saturated carbocycles. The van der Waals surface area contributed by atoms with Gasteiger partial charge in [0.1, 0.15) is 16.8 Å². The first-order chi connectivity index (χ1) is 23.9. The third-order valence-corrected chi connectivity index (χ3v) is 9.76. The molecule has 0 radical (unpaired) electrons. The Labute approximate surface area is 282 Å². The summed E-state index contributed by atoms with van der Waals surface area (Å²) in [6.07, 6.45) is 4.75. The number of amides is 2. The zero-order valence-corrected chi connectivity index (χ0v) is 27.0. The Balaban J connectivity index is 1.08.